The number of methoxy groups -OCH3 is 1. The Bertz CT molecular complexity index is 484. The maximum absolute atomic E-state index is 12.3. The number of rotatable bonds is 8. The molecule has 1 heterocycles. The van der Waals surface area contributed by atoms with Crippen molar-refractivity contribution in [2.24, 2.45) is 5.92 Å². The Morgan fingerprint density at radius 1 is 1.32 bits per heavy atom. The first-order valence-corrected chi connectivity index (χ1v) is 8.09. The number of ether oxygens (including phenoxy) is 3. The summed E-state index contributed by atoms with van der Waals surface area (Å²) in [6.07, 6.45) is 2.88. The van der Waals surface area contributed by atoms with Crippen LogP contribution < -0.4 is 4.74 Å². The van der Waals surface area contributed by atoms with Crippen molar-refractivity contribution in [3.8, 4) is 5.75 Å². The number of carbonyl (C=O) groups excluding carboxylic acids is 1. The largest absolute Gasteiger partial charge is 0.492 e. The Balaban J connectivity index is 1.91. The number of carbonyl (C=O) groups is 1. The van der Waals surface area contributed by atoms with Crippen LogP contribution in [0.5, 0.6) is 5.75 Å². The van der Waals surface area contributed by atoms with Crippen LogP contribution in [0.25, 0.3) is 0 Å². The zero-order valence-corrected chi connectivity index (χ0v) is 13.7. The molecular weight excluding hydrogens is 304 g/mol. The number of hydrogen-bond donors (Lipinski definition) is 0. The highest BCUT2D eigenvalue weighted by molar-refractivity contribution is 6.32. The molecule has 1 aromatic rings. The predicted molar refractivity (Wildman–Crippen MR) is 85.7 cm³/mol. The number of benzene rings is 1. The molecular formula is C17H23ClO4. The molecule has 0 amide bonds. The van der Waals surface area contributed by atoms with E-state index in [-0.39, 0.29) is 11.7 Å². The van der Waals surface area contributed by atoms with Gasteiger partial charge in [0.05, 0.1) is 11.6 Å². The molecule has 1 aliphatic rings. The predicted octanol–water partition coefficient (Wildman–Crippen LogP) is 3.29. The van der Waals surface area contributed by atoms with Gasteiger partial charge in [0, 0.05) is 45.7 Å². The van der Waals surface area contributed by atoms with Gasteiger partial charge in [-0.05, 0) is 30.5 Å². The molecule has 0 radical (unpaired) electrons. The molecule has 1 aromatic carbocycles. The Morgan fingerprint density at radius 3 is 2.82 bits per heavy atom. The third-order valence-corrected chi connectivity index (χ3v) is 4.11. The molecule has 2 rings (SSSR count). The van der Waals surface area contributed by atoms with Gasteiger partial charge >= 0.3 is 0 Å². The molecule has 22 heavy (non-hydrogen) atoms. The van der Waals surface area contributed by atoms with Crippen LogP contribution in [-0.2, 0) is 20.7 Å². The fraction of sp³-hybridized carbons (Fsp3) is 0.588. The second-order valence-electron chi connectivity index (χ2n) is 5.49. The molecule has 0 aromatic heterocycles. The normalized spacial score (nSPS) is 15.7. The third kappa shape index (κ3) is 5.27. The number of Topliss-reactive ketones (excluding diaryl/α,β-unsaturated/α-hetero) is 1. The van der Waals surface area contributed by atoms with Gasteiger partial charge in [0.25, 0.3) is 0 Å². The van der Waals surface area contributed by atoms with Gasteiger partial charge in [-0.15, -0.1) is 0 Å². The van der Waals surface area contributed by atoms with E-state index in [4.69, 9.17) is 25.8 Å². The van der Waals surface area contributed by atoms with Crippen LogP contribution in [0.1, 0.15) is 24.8 Å². The standard InChI is InChI=1S/C17H23ClO4/c1-20-7-2-8-22-17-12-13(3-4-15(17)18)11-16(19)14-5-9-21-10-6-14/h3-4,12,14H,2,5-11H2,1H3. The first kappa shape index (κ1) is 17.3. The highest BCUT2D eigenvalue weighted by atomic mass is 35.5. The summed E-state index contributed by atoms with van der Waals surface area (Å²) in [4.78, 5) is 12.3. The lowest BCUT2D eigenvalue weighted by atomic mass is 9.91. The maximum Gasteiger partial charge on any atom is 0.140 e. The molecule has 0 spiro atoms. The van der Waals surface area contributed by atoms with Crippen LogP contribution in [-0.4, -0.2) is 39.3 Å². The molecule has 0 unspecified atom stereocenters. The zero-order valence-electron chi connectivity index (χ0n) is 13.0. The number of halogens is 1. The van der Waals surface area contributed by atoms with Gasteiger partial charge in [-0.25, -0.2) is 0 Å². The Morgan fingerprint density at radius 2 is 2.09 bits per heavy atom. The smallest absolute Gasteiger partial charge is 0.140 e. The molecule has 0 aliphatic carbocycles. The number of ketones is 1. The Kier molecular flexibility index (Phi) is 7.16. The summed E-state index contributed by atoms with van der Waals surface area (Å²) < 4.78 is 15.9. The van der Waals surface area contributed by atoms with Crippen LogP contribution in [0.15, 0.2) is 18.2 Å². The summed E-state index contributed by atoms with van der Waals surface area (Å²) >= 11 is 6.14. The molecule has 0 N–H and O–H groups in total. The minimum absolute atomic E-state index is 0.121. The first-order chi connectivity index (χ1) is 10.7. The van der Waals surface area contributed by atoms with Gasteiger partial charge in [-0.3, -0.25) is 4.79 Å². The SMILES string of the molecule is COCCCOc1cc(CC(=O)C2CCOCC2)ccc1Cl. The lowest BCUT2D eigenvalue weighted by molar-refractivity contribution is -0.125. The lowest BCUT2D eigenvalue weighted by Gasteiger charge is -2.20. The minimum atomic E-state index is 0.121. The van der Waals surface area contributed by atoms with Gasteiger partial charge in [-0.2, -0.15) is 0 Å². The van der Waals surface area contributed by atoms with E-state index in [2.05, 4.69) is 0 Å². The molecule has 0 saturated carbocycles. The van der Waals surface area contributed by atoms with Gasteiger partial charge < -0.3 is 14.2 Å². The van der Waals surface area contributed by atoms with E-state index in [9.17, 15) is 4.79 Å². The quantitative estimate of drug-likeness (QED) is 0.688. The van der Waals surface area contributed by atoms with Crippen molar-refractivity contribution in [1.82, 2.24) is 0 Å². The van der Waals surface area contributed by atoms with E-state index >= 15 is 0 Å². The molecule has 4 nitrogen and oxygen atoms in total. The summed E-state index contributed by atoms with van der Waals surface area (Å²) in [5.74, 6) is 1.03. The highest BCUT2D eigenvalue weighted by Gasteiger charge is 2.21. The summed E-state index contributed by atoms with van der Waals surface area (Å²) in [5.41, 5.74) is 0.947. The molecule has 0 atom stereocenters. The van der Waals surface area contributed by atoms with Gasteiger partial charge in [0.15, 0.2) is 0 Å². The minimum Gasteiger partial charge on any atom is -0.492 e. The molecule has 5 heteroatoms. The topological polar surface area (TPSA) is 44.8 Å². The highest BCUT2D eigenvalue weighted by Crippen LogP contribution is 2.27. The molecule has 122 valence electrons. The van der Waals surface area contributed by atoms with Crippen LogP contribution >= 0.6 is 11.6 Å². The average Bonchev–Trinajstić information content (AvgIpc) is 2.55. The van der Waals surface area contributed by atoms with Crippen LogP contribution in [0.4, 0.5) is 0 Å². The van der Waals surface area contributed by atoms with Gasteiger partial charge in [-0.1, -0.05) is 17.7 Å². The van der Waals surface area contributed by atoms with Crippen LogP contribution in [0.3, 0.4) is 0 Å². The van der Waals surface area contributed by atoms with Crippen molar-refractivity contribution in [3.05, 3.63) is 28.8 Å². The van der Waals surface area contributed by atoms with E-state index < -0.39 is 0 Å². The van der Waals surface area contributed by atoms with Crippen LogP contribution in [0.2, 0.25) is 5.02 Å². The van der Waals surface area contributed by atoms with E-state index in [0.717, 1.165) is 24.8 Å². The van der Waals surface area contributed by atoms with Gasteiger partial charge in [0.1, 0.15) is 11.5 Å². The molecule has 1 fully saturated rings. The summed E-state index contributed by atoms with van der Waals surface area (Å²) in [7, 11) is 1.66. The van der Waals surface area contributed by atoms with Crippen molar-refractivity contribution in [3.63, 3.8) is 0 Å². The van der Waals surface area contributed by atoms with Crippen molar-refractivity contribution in [1.29, 1.82) is 0 Å². The Hall–Kier alpha value is -1.10. The van der Waals surface area contributed by atoms with E-state index in [1.165, 1.54) is 0 Å². The summed E-state index contributed by atoms with van der Waals surface area (Å²) in [5, 5.41) is 0.569. The second kappa shape index (κ2) is 9.13. The molecule has 0 bridgehead atoms. The first-order valence-electron chi connectivity index (χ1n) is 7.71. The van der Waals surface area contributed by atoms with E-state index in [1.54, 1.807) is 13.2 Å². The third-order valence-electron chi connectivity index (χ3n) is 3.80. The fourth-order valence-electron chi connectivity index (χ4n) is 2.52. The van der Waals surface area contributed by atoms with Crippen molar-refractivity contribution >= 4 is 17.4 Å². The van der Waals surface area contributed by atoms with Crippen molar-refractivity contribution in [2.75, 3.05) is 33.5 Å². The molecule has 1 aliphatic heterocycles. The van der Waals surface area contributed by atoms with Crippen molar-refractivity contribution in [2.45, 2.75) is 25.7 Å². The Labute approximate surface area is 136 Å². The van der Waals surface area contributed by atoms with E-state index in [1.807, 2.05) is 12.1 Å². The number of hydrogen-bond acceptors (Lipinski definition) is 4. The molecule has 1 saturated heterocycles. The lowest BCUT2D eigenvalue weighted by Crippen LogP contribution is -2.24. The monoisotopic (exact) mass is 326 g/mol. The fourth-order valence-corrected chi connectivity index (χ4v) is 2.69. The second-order valence-corrected chi connectivity index (χ2v) is 5.90. The van der Waals surface area contributed by atoms with Crippen molar-refractivity contribution < 1.29 is 19.0 Å². The average molecular weight is 327 g/mol. The summed E-state index contributed by atoms with van der Waals surface area (Å²) in [6.45, 7) is 2.57. The maximum atomic E-state index is 12.3. The van der Waals surface area contributed by atoms with Crippen LogP contribution in [0, 0.1) is 5.92 Å². The zero-order chi connectivity index (χ0) is 15.8. The van der Waals surface area contributed by atoms with Gasteiger partial charge in [0.2, 0.25) is 0 Å². The summed E-state index contributed by atoms with van der Waals surface area (Å²) in [6, 6.07) is 5.55. The van der Waals surface area contributed by atoms with E-state index in [0.29, 0.717) is 43.6 Å².